The second-order valence-corrected chi connectivity index (χ2v) is 9.39. The van der Waals surface area contributed by atoms with Crippen LogP contribution < -0.4 is 15.0 Å². The van der Waals surface area contributed by atoms with Gasteiger partial charge in [0, 0.05) is 50.4 Å². The van der Waals surface area contributed by atoms with Crippen molar-refractivity contribution in [1.82, 2.24) is 15.2 Å². The fourth-order valence-corrected chi connectivity index (χ4v) is 5.11. The first-order valence-corrected chi connectivity index (χ1v) is 12.2. The van der Waals surface area contributed by atoms with E-state index in [0.29, 0.717) is 12.5 Å². The van der Waals surface area contributed by atoms with Gasteiger partial charge in [-0.3, -0.25) is 9.69 Å². The van der Waals surface area contributed by atoms with Gasteiger partial charge in [-0.15, -0.1) is 0 Å². The lowest BCUT2D eigenvalue weighted by atomic mass is 9.84. The molecule has 0 aromatic carbocycles. The highest BCUT2D eigenvalue weighted by molar-refractivity contribution is 5.76. The second-order valence-electron chi connectivity index (χ2n) is 9.39. The first-order valence-electron chi connectivity index (χ1n) is 12.2. The number of pyridine rings is 1. The van der Waals surface area contributed by atoms with Gasteiger partial charge >= 0.3 is 0 Å². The van der Waals surface area contributed by atoms with Crippen molar-refractivity contribution in [1.29, 1.82) is 0 Å². The maximum absolute atomic E-state index is 12.0. The summed E-state index contributed by atoms with van der Waals surface area (Å²) in [7, 11) is 0. The Bertz CT molecular complexity index is 728. The number of nitrogens with zero attached hydrogens (tertiary/aromatic N) is 3. The van der Waals surface area contributed by atoms with Crippen molar-refractivity contribution in [3.8, 4) is 5.75 Å². The maximum Gasteiger partial charge on any atom is 0.222 e. The Kier molecular flexibility index (Phi) is 7.67. The third-order valence-electron chi connectivity index (χ3n) is 7.21. The number of aliphatic hydroxyl groups excluding tert-OH is 1. The van der Waals surface area contributed by atoms with Crippen molar-refractivity contribution in [3.05, 3.63) is 17.8 Å². The van der Waals surface area contributed by atoms with Gasteiger partial charge < -0.3 is 20.1 Å². The van der Waals surface area contributed by atoms with Crippen LogP contribution in [0.15, 0.2) is 12.3 Å². The molecule has 3 heterocycles. The molecule has 7 heteroatoms. The molecule has 4 rings (SSSR count). The lowest BCUT2D eigenvalue weighted by molar-refractivity contribution is -0.124. The first-order chi connectivity index (χ1) is 15.1. The van der Waals surface area contributed by atoms with Crippen LogP contribution in [0.4, 0.5) is 5.82 Å². The zero-order chi connectivity index (χ0) is 21.6. The number of carbonyl (C=O) groups is 1. The summed E-state index contributed by atoms with van der Waals surface area (Å²) in [5.41, 5.74) is 1.29. The summed E-state index contributed by atoms with van der Waals surface area (Å²) in [5.74, 6) is 2.80. The van der Waals surface area contributed by atoms with Gasteiger partial charge in [0.2, 0.25) is 5.91 Å². The molecule has 1 aliphatic carbocycles. The van der Waals surface area contributed by atoms with E-state index in [9.17, 15) is 9.90 Å². The number of hydrogen-bond donors (Lipinski definition) is 2. The Morgan fingerprint density at radius 3 is 2.77 bits per heavy atom. The minimum atomic E-state index is -0.511. The van der Waals surface area contributed by atoms with Crippen molar-refractivity contribution in [2.45, 2.75) is 70.4 Å². The average Bonchev–Trinajstić information content (AvgIpc) is 3.28. The smallest absolute Gasteiger partial charge is 0.222 e. The molecule has 1 atom stereocenters. The number of aromatic nitrogens is 1. The van der Waals surface area contributed by atoms with E-state index in [1.165, 1.54) is 24.8 Å². The molecule has 3 aliphatic rings. The largest absolute Gasteiger partial charge is 0.489 e. The minimum Gasteiger partial charge on any atom is -0.489 e. The number of nitrogens with one attached hydrogen (secondary N) is 1. The number of ether oxygens (including phenoxy) is 1. The number of hydrogen-bond acceptors (Lipinski definition) is 6. The Labute approximate surface area is 186 Å². The van der Waals surface area contributed by atoms with Crippen LogP contribution in [0.5, 0.6) is 5.75 Å². The van der Waals surface area contributed by atoms with Gasteiger partial charge in [0.05, 0.1) is 19.1 Å². The zero-order valence-electron chi connectivity index (χ0n) is 18.9. The summed E-state index contributed by atoms with van der Waals surface area (Å²) >= 11 is 0. The monoisotopic (exact) mass is 430 g/mol. The van der Waals surface area contributed by atoms with Crippen molar-refractivity contribution >= 4 is 11.7 Å². The van der Waals surface area contributed by atoms with Gasteiger partial charge in [-0.25, -0.2) is 4.98 Å². The van der Waals surface area contributed by atoms with E-state index < -0.39 is 6.10 Å². The molecule has 172 valence electrons. The van der Waals surface area contributed by atoms with Crippen LogP contribution in [-0.4, -0.2) is 72.4 Å². The predicted molar refractivity (Wildman–Crippen MR) is 122 cm³/mol. The minimum absolute atomic E-state index is 0.000352. The van der Waals surface area contributed by atoms with Gasteiger partial charge in [0.15, 0.2) is 11.6 Å². The number of aliphatic hydroxyl groups is 1. The summed E-state index contributed by atoms with van der Waals surface area (Å²) in [4.78, 5) is 21.6. The van der Waals surface area contributed by atoms with E-state index in [-0.39, 0.29) is 12.3 Å². The number of anilines is 1. The number of rotatable bonds is 8. The van der Waals surface area contributed by atoms with Crippen molar-refractivity contribution in [3.63, 3.8) is 0 Å². The van der Waals surface area contributed by atoms with Crippen LogP contribution in [-0.2, 0) is 11.2 Å². The molecule has 1 aromatic heterocycles. The van der Waals surface area contributed by atoms with Crippen LogP contribution in [0.25, 0.3) is 0 Å². The molecule has 1 saturated heterocycles. The quantitative estimate of drug-likeness (QED) is 0.659. The second kappa shape index (κ2) is 10.6. The Morgan fingerprint density at radius 1 is 1.26 bits per heavy atom. The molecular weight excluding hydrogens is 392 g/mol. The predicted octanol–water partition coefficient (Wildman–Crippen LogP) is 2.36. The fraction of sp³-hybridized carbons (Fsp3) is 0.750. The molecular formula is C24H38N4O3. The van der Waals surface area contributed by atoms with Crippen molar-refractivity contribution in [2.24, 2.45) is 5.92 Å². The van der Waals surface area contributed by atoms with Crippen LogP contribution in [0, 0.1) is 5.92 Å². The molecule has 2 aliphatic heterocycles. The number of fused-ring (bicyclic) bond motifs is 1. The molecule has 0 radical (unpaired) electrons. The summed E-state index contributed by atoms with van der Waals surface area (Å²) in [6, 6.07) is 2.37. The highest BCUT2D eigenvalue weighted by atomic mass is 16.5. The van der Waals surface area contributed by atoms with E-state index in [4.69, 9.17) is 4.74 Å². The van der Waals surface area contributed by atoms with Gasteiger partial charge in [-0.1, -0.05) is 6.92 Å². The molecule has 7 nitrogen and oxygen atoms in total. The standard InChI is InChI=1S/C24H38N4O3/c1-2-21(29)17-22(30)26-20-5-3-18(4-6-20)8-11-27-12-14-28(15-13-27)24-23-19(7-10-25-24)9-16-31-23/h7,10,18,20-21,29H,2-6,8-9,11-17H2,1H3,(H,26,30)/t18?,20?,21-/m0/s1. The SMILES string of the molecule is CC[C@H](O)CC(=O)NC1CCC(CCN2CCN(c3nccc4c3OCC4)CC2)CC1. The van der Waals surface area contributed by atoms with E-state index in [1.807, 2.05) is 13.1 Å². The molecule has 0 spiro atoms. The van der Waals surface area contributed by atoms with Crippen LogP contribution in [0.3, 0.4) is 0 Å². The van der Waals surface area contributed by atoms with Crippen LogP contribution in [0.1, 0.15) is 57.4 Å². The highest BCUT2D eigenvalue weighted by Crippen LogP contribution is 2.34. The van der Waals surface area contributed by atoms with E-state index >= 15 is 0 Å². The van der Waals surface area contributed by atoms with Gasteiger partial charge in [-0.05, 0) is 57.1 Å². The Morgan fingerprint density at radius 2 is 2.03 bits per heavy atom. The lowest BCUT2D eigenvalue weighted by Gasteiger charge is -2.37. The molecule has 0 bridgehead atoms. The summed E-state index contributed by atoms with van der Waals surface area (Å²) in [6.45, 7) is 8.02. The van der Waals surface area contributed by atoms with Crippen LogP contribution >= 0.6 is 0 Å². The van der Waals surface area contributed by atoms with Gasteiger partial charge in [0.1, 0.15) is 0 Å². The normalized spacial score (nSPS) is 25.0. The number of amides is 1. The number of carbonyl (C=O) groups excluding carboxylic acids is 1. The Hall–Kier alpha value is -1.86. The van der Waals surface area contributed by atoms with Crippen molar-refractivity contribution < 1.29 is 14.6 Å². The first kappa shape index (κ1) is 22.3. The topological polar surface area (TPSA) is 77.9 Å². The van der Waals surface area contributed by atoms with Crippen molar-refractivity contribution in [2.75, 3.05) is 44.2 Å². The third kappa shape index (κ3) is 5.89. The van der Waals surface area contributed by atoms with E-state index in [0.717, 1.165) is 76.1 Å². The lowest BCUT2D eigenvalue weighted by Crippen LogP contribution is -2.47. The van der Waals surface area contributed by atoms with Gasteiger partial charge in [0.25, 0.3) is 0 Å². The van der Waals surface area contributed by atoms with Crippen LogP contribution in [0.2, 0.25) is 0 Å². The zero-order valence-corrected chi connectivity index (χ0v) is 18.9. The average molecular weight is 431 g/mol. The molecule has 1 saturated carbocycles. The number of piperazine rings is 1. The van der Waals surface area contributed by atoms with Gasteiger partial charge in [-0.2, -0.15) is 0 Å². The van der Waals surface area contributed by atoms with E-state index in [1.54, 1.807) is 0 Å². The third-order valence-corrected chi connectivity index (χ3v) is 7.21. The molecule has 2 N–H and O–H groups in total. The molecule has 0 unspecified atom stereocenters. The Balaban J connectivity index is 1.14. The highest BCUT2D eigenvalue weighted by Gasteiger charge is 2.26. The molecule has 2 fully saturated rings. The summed E-state index contributed by atoms with van der Waals surface area (Å²) < 4.78 is 5.84. The molecule has 1 amide bonds. The summed E-state index contributed by atoms with van der Waals surface area (Å²) in [5, 5.41) is 12.8. The summed E-state index contributed by atoms with van der Waals surface area (Å²) in [6.07, 6.45) is 9.03. The van der Waals surface area contributed by atoms with E-state index in [2.05, 4.69) is 26.2 Å². The maximum atomic E-state index is 12.0. The molecule has 1 aromatic rings. The molecule has 31 heavy (non-hydrogen) atoms. The fourth-order valence-electron chi connectivity index (χ4n) is 5.11.